The van der Waals surface area contributed by atoms with Crippen molar-refractivity contribution in [1.29, 1.82) is 0 Å². The summed E-state index contributed by atoms with van der Waals surface area (Å²) in [6.07, 6.45) is 0. The van der Waals surface area contributed by atoms with Crippen LogP contribution in [0, 0.1) is 13.8 Å². The number of rotatable bonds is 3. The number of benzene rings is 3. The summed E-state index contributed by atoms with van der Waals surface area (Å²) in [6, 6.07) is 20.4. The third-order valence-electron chi connectivity index (χ3n) is 5.00. The molecule has 0 heterocycles. The van der Waals surface area contributed by atoms with E-state index in [0.29, 0.717) is 6.04 Å². The lowest BCUT2D eigenvalue weighted by molar-refractivity contribution is 0.465. The quantitative estimate of drug-likeness (QED) is 0.487. The van der Waals surface area contributed by atoms with Gasteiger partial charge in [-0.05, 0) is 76.4 Å². The van der Waals surface area contributed by atoms with Crippen molar-refractivity contribution in [1.82, 2.24) is 0 Å². The lowest BCUT2D eigenvalue weighted by Gasteiger charge is -2.43. The van der Waals surface area contributed by atoms with Crippen LogP contribution in [0.4, 0.5) is 5.69 Å². The Morgan fingerprint density at radius 1 is 0.808 bits per heavy atom. The number of aryl methyl sites for hydroxylation is 2. The Labute approximate surface area is 158 Å². The van der Waals surface area contributed by atoms with Gasteiger partial charge in [0, 0.05) is 22.8 Å². The Morgan fingerprint density at radius 2 is 1.46 bits per heavy atom. The maximum absolute atomic E-state index is 2.57. The van der Waals surface area contributed by atoms with E-state index in [9.17, 15) is 0 Å². The zero-order chi connectivity index (χ0) is 19.1. The number of nitrogens with zero attached hydrogens (tertiary/aromatic N) is 1. The molecule has 0 aromatic heterocycles. The van der Waals surface area contributed by atoms with Gasteiger partial charge in [-0.2, -0.15) is 0 Å². The maximum atomic E-state index is 2.57. The Hall–Kier alpha value is -2.28. The zero-order valence-corrected chi connectivity index (χ0v) is 17.2. The first-order chi connectivity index (χ1) is 12.2. The SMILES string of the molecule is Cc1cc(C)c(N(C(C)C)C(C)(C)C)c(-c2cccc3ccccc23)c1. The van der Waals surface area contributed by atoms with Gasteiger partial charge < -0.3 is 4.90 Å². The molecule has 0 N–H and O–H groups in total. The minimum Gasteiger partial charge on any atom is -0.364 e. The van der Waals surface area contributed by atoms with Gasteiger partial charge in [0.2, 0.25) is 0 Å². The molecule has 3 aromatic carbocycles. The van der Waals surface area contributed by atoms with Crippen molar-refractivity contribution in [3.63, 3.8) is 0 Å². The molecule has 0 saturated heterocycles. The Balaban J connectivity index is 2.38. The summed E-state index contributed by atoms with van der Waals surface area (Å²) in [4.78, 5) is 2.57. The van der Waals surface area contributed by atoms with E-state index in [1.54, 1.807) is 0 Å². The van der Waals surface area contributed by atoms with Crippen molar-refractivity contribution in [2.24, 2.45) is 0 Å². The molecule has 3 aromatic rings. The van der Waals surface area contributed by atoms with Crippen LogP contribution in [-0.2, 0) is 0 Å². The largest absolute Gasteiger partial charge is 0.364 e. The predicted molar refractivity (Wildman–Crippen MR) is 116 cm³/mol. The highest BCUT2D eigenvalue weighted by Crippen LogP contribution is 2.41. The molecule has 0 saturated carbocycles. The van der Waals surface area contributed by atoms with Crippen molar-refractivity contribution >= 4 is 16.5 Å². The first kappa shape index (κ1) is 18.5. The summed E-state index contributed by atoms with van der Waals surface area (Å²) in [7, 11) is 0. The molecule has 0 aliphatic rings. The van der Waals surface area contributed by atoms with Crippen LogP contribution in [0.2, 0.25) is 0 Å². The first-order valence-electron chi connectivity index (χ1n) is 9.59. The van der Waals surface area contributed by atoms with Gasteiger partial charge >= 0.3 is 0 Å². The molecule has 3 rings (SSSR count). The van der Waals surface area contributed by atoms with Gasteiger partial charge in [0.1, 0.15) is 0 Å². The van der Waals surface area contributed by atoms with Gasteiger partial charge in [-0.1, -0.05) is 54.1 Å². The fourth-order valence-electron chi connectivity index (χ4n) is 4.31. The van der Waals surface area contributed by atoms with Gasteiger partial charge in [0.25, 0.3) is 0 Å². The molecule has 0 aliphatic heterocycles. The molecule has 0 spiro atoms. The average molecular weight is 346 g/mol. The van der Waals surface area contributed by atoms with Gasteiger partial charge in [-0.15, -0.1) is 0 Å². The Kier molecular flexibility index (Phi) is 4.84. The molecule has 0 fully saturated rings. The normalized spacial score (nSPS) is 12.0. The molecule has 0 bridgehead atoms. The minimum absolute atomic E-state index is 0.0491. The van der Waals surface area contributed by atoms with E-state index in [4.69, 9.17) is 0 Å². The fourth-order valence-corrected chi connectivity index (χ4v) is 4.31. The van der Waals surface area contributed by atoms with Crippen molar-refractivity contribution in [2.75, 3.05) is 4.90 Å². The third-order valence-corrected chi connectivity index (χ3v) is 5.00. The van der Waals surface area contributed by atoms with Crippen LogP contribution in [0.15, 0.2) is 54.6 Å². The highest BCUT2D eigenvalue weighted by molar-refractivity contribution is 6.00. The standard InChI is InChI=1S/C25H31N/c1-17(2)26(25(5,6)7)24-19(4)15-18(3)16-23(24)22-14-10-12-20-11-8-9-13-21(20)22/h8-17H,1-7H3. The summed E-state index contributed by atoms with van der Waals surface area (Å²) in [5.41, 5.74) is 6.72. The smallest absolute Gasteiger partial charge is 0.0482 e. The van der Waals surface area contributed by atoms with Crippen molar-refractivity contribution < 1.29 is 0 Å². The van der Waals surface area contributed by atoms with E-state index >= 15 is 0 Å². The van der Waals surface area contributed by atoms with Crippen LogP contribution in [0.25, 0.3) is 21.9 Å². The highest BCUT2D eigenvalue weighted by Gasteiger charge is 2.28. The molecule has 136 valence electrons. The third kappa shape index (κ3) is 3.35. The maximum Gasteiger partial charge on any atom is 0.0482 e. The molecular formula is C25H31N. The molecule has 0 unspecified atom stereocenters. The van der Waals surface area contributed by atoms with Crippen molar-refractivity contribution in [2.45, 2.75) is 60.0 Å². The van der Waals surface area contributed by atoms with Crippen molar-refractivity contribution in [3.8, 4) is 11.1 Å². The van der Waals surface area contributed by atoms with E-state index < -0.39 is 0 Å². The Morgan fingerprint density at radius 3 is 2.12 bits per heavy atom. The van der Waals surface area contributed by atoms with E-state index in [-0.39, 0.29) is 5.54 Å². The second-order valence-corrected chi connectivity index (χ2v) is 8.64. The van der Waals surface area contributed by atoms with Crippen LogP contribution in [0.3, 0.4) is 0 Å². The predicted octanol–water partition coefficient (Wildman–Crippen LogP) is 7.14. The van der Waals surface area contributed by atoms with E-state index in [1.165, 1.54) is 38.7 Å². The van der Waals surface area contributed by atoms with E-state index in [0.717, 1.165) is 0 Å². The molecule has 26 heavy (non-hydrogen) atoms. The van der Waals surface area contributed by atoms with Crippen molar-refractivity contribution in [3.05, 3.63) is 65.7 Å². The molecule has 0 radical (unpaired) electrons. The van der Waals surface area contributed by atoms with Gasteiger partial charge in [0.05, 0.1) is 0 Å². The molecule has 1 heteroatoms. The zero-order valence-electron chi connectivity index (χ0n) is 17.2. The van der Waals surface area contributed by atoms with Gasteiger partial charge in [-0.3, -0.25) is 0 Å². The topological polar surface area (TPSA) is 3.24 Å². The van der Waals surface area contributed by atoms with Crippen LogP contribution >= 0.6 is 0 Å². The van der Waals surface area contributed by atoms with Gasteiger partial charge in [0.15, 0.2) is 0 Å². The number of anilines is 1. The fraction of sp³-hybridized carbons (Fsp3) is 0.360. The van der Waals surface area contributed by atoms with Crippen LogP contribution in [-0.4, -0.2) is 11.6 Å². The summed E-state index contributed by atoms with van der Waals surface area (Å²) in [5, 5.41) is 2.61. The molecule has 0 amide bonds. The van der Waals surface area contributed by atoms with Crippen LogP contribution in [0.1, 0.15) is 45.7 Å². The average Bonchev–Trinajstić information content (AvgIpc) is 2.55. The minimum atomic E-state index is 0.0491. The molecule has 0 aliphatic carbocycles. The molecule has 0 atom stereocenters. The second-order valence-electron chi connectivity index (χ2n) is 8.64. The Bertz CT molecular complexity index is 923. The summed E-state index contributed by atoms with van der Waals surface area (Å²) in [5.74, 6) is 0. The van der Waals surface area contributed by atoms with Crippen LogP contribution < -0.4 is 4.90 Å². The summed E-state index contributed by atoms with van der Waals surface area (Å²) < 4.78 is 0. The lowest BCUT2D eigenvalue weighted by atomic mass is 9.90. The lowest BCUT2D eigenvalue weighted by Crippen LogP contribution is -2.46. The number of hydrogen-bond acceptors (Lipinski definition) is 1. The monoisotopic (exact) mass is 345 g/mol. The van der Waals surface area contributed by atoms with E-state index in [2.05, 4.69) is 108 Å². The second kappa shape index (κ2) is 6.79. The summed E-state index contributed by atoms with van der Waals surface area (Å²) >= 11 is 0. The van der Waals surface area contributed by atoms with Crippen LogP contribution in [0.5, 0.6) is 0 Å². The highest BCUT2D eigenvalue weighted by atomic mass is 15.2. The molecular weight excluding hydrogens is 314 g/mol. The first-order valence-corrected chi connectivity index (χ1v) is 9.59. The van der Waals surface area contributed by atoms with E-state index in [1.807, 2.05) is 0 Å². The molecule has 1 nitrogen and oxygen atoms in total. The van der Waals surface area contributed by atoms with Gasteiger partial charge in [-0.25, -0.2) is 0 Å². The number of hydrogen-bond donors (Lipinski definition) is 0. The summed E-state index contributed by atoms with van der Waals surface area (Å²) in [6.45, 7) is 15.9. The number of fused-ring (bicyclic) bond motifs is 1.